The van der Waals surface area contributed by atoms with E-state index in [1.807, 2.05) is 35.0 Å². The highest BCUT2D eigenvalue weighted by atomic mass is 32.1. The lowest BCUT2D eigenvalue weighted by Gasteiger charge is -1.95. The Kier molecular flexibility index (Phi) is 4.29. The van der Waals surface area contributed by atoms with Crippen LogP contribution in [-0.4, -0.2) is 0 Å². The minimum Gasteiger partial charge on any atom is -0.436 e. The quantitative estimate of drug-likeness (QED) is 0.667. The third-order valence-corrected chi connectivity index (χ3v) is 2.68. The van der Waals surface area contributed by atoms with E-state index < -0.39 is 0 Å². The summed E-state index contributed by atoms with van der Waals surface area (Å²) in [7, 11) is 0. The summed E-state index contributed by atoms with van der Waals surface area (Å²) in [5.74, 6) is 0. The highest BCUT2D eigenvalue weighted by Crippen LogP contribution is 2.28. The molecule has 3 heteroatoms. The van der Waals surface area contributed by atoms with E-state index in [4.69, 9.17) is 4.74 Å². The summed E-state index contributed by atoms with van der Waals surface area (Å²) in [4.78, 5) is 0. The van der Waals surface area contributed by atoms with Crippen molar-refractivity contribution in [2.45, 2.75) is 0 Å². The maximum Gasteiger partial charge on any atom is 0.182 e. The van der Waals surface area contributed by atoms with E-state index in [1.54, 1.807) is 22.7 Å². The first-order valence-corrected chi connectivity index (χ1v) is 5.46. The Bertz CT molecular complexity index is 278. The zero-order valence-electron chi connectivity index (χ0n) is 7.10. The van der Waals surface area contributed by atoms with Crippen molar-refractivity contribution in [3.05, 3.63) is 48.2 Å². The molecule has 2 rings (SSSR count). The van der Waals surface area contributed by atoms with Crippen molar-refractivity contribution in [1.82, 2.24) is 0 Å². The molecule has 0 aliphatic rings. The SMILES string of the molecule is C=C.c1csc(Oc2cccs2)c1. The molecule has 0 fully saturated rings. The summed E-state index contributed by atoms with van der Waals surface area (Å²) in [6.45, 7) is 6.00. The summed E-state index contributed by atoms with van der Waals surface area (Å²) < 4.78 is 5.50. The van der Waals surface area contributed by atoms with Crippen molar-refractivity contribution in [2.75, 3.05) is 0 Å². The van der Waals surface area contributed by atoms with Gasteiger partial charge in [-0.05, 0) is 35.0 Å². The maximum atomic E-state index is 5.50. The van der Waals surface area contributed by atoms with Crippen molar-refractivity contribution >= 4 is 22.7 Å². The summed E-state index contributed by atoms with van der Waals surface area (Å²) in [5, 5.41) is 5.91. The molecular formula is C10H10OS2. The second-order valence-corrected chi connectivity index (χ2v) is 3.79. The van der Waals surface area contributed by atoms with Crippen molar-refractivity contribution in [3.63, 3.8) is 0 Å². The Morgan fingerprint density at radius 1 is 0.923 bits per heavy atom. The van der Waals surface area contributed by atoms with Gasteiger partial charge in [-0.15, -0.1) is 35.8 Å². The van der Waals surface area contributed by atoms with Gasteiger partial charge in [0, 0.05) is 0 Å². The maximum absolute atomic E-state index is 5.50. The molecule has 2 aromatic heterocycles. The van der Waals surface area contributed by atoms with Crippen LogP contribution in [0.5, 0.6) is 10.1 Å². The second-order valence-electron chi connectivity index (χ2n) is 1.97. The first kappa shape index (κ1) is 10.0. The Morgan fingerprint density at radius 3 is 1.69 bits per heavy atom. The van der Waals surface area contributed by atoms with Crippen molar-refractivity contribution < 1.29 is 4.74 Å². The lowest BCUT2D eigenvalue weighted by molar-refractivity contribution is 0.511. The van der Waals surface area contributed by atoms with Crippen LogP contribution in [-0.2, 0) is 0 Å². The molecular weight excluding hydrogens is 200 g/mol. The third-order valence-electron chi connectivity index (χ3n) is 1.19. The number of ether oxygens (including phenoxy) is 1. The standard InChI is InChI=1S/C8H6OS2.C2H4/c1-3-7(10-5-1)9-8-4-2-6-11-8;1-2/h1-6H;1-2H2. The van der Waals surface area contributed by atoms with E-state index in [0.717, 1.165) is 10.1 Å². The van der Waals surface area contributed by atoms with Crippen LogP contribution in [0.4, 0.5) is 0 Å². The molecule has 2 heterocycles. The minimum absolute atomic E-state index is 0.951. The Balaban J connectivity index is 0.000000396. The largest absolute Gasteiger partial charge is 0.436 e. The van der Waals surface area contributed by atoms with Gasteiger partial charge in [-0.1, -0.05) is 0 Å². The number of hydrogen-bond donors (Lipinski definition) is 0. The molecule has 0 aliphatic carbocycles. The van der Waals surface area contributed by atoms with E-state index in [0.29, 0.717) is 0 Å². The van der Waals surface area contributed by atoms with Crippen molar-refractivity contribution in [2.24, 2.45) is 0 Å². The fraction of sp³-hybridized carbons (Fsp3) is 0. The molecule has 0 spiro atoms. The van der Waals surface area contributed by atoms with Crippen LogP contribution in [0, 0.1) is 0 Å². The zero-order valence-corrected chi connectivity index (χ0v) is 8.74. The van der Waals surface area contributed by atoms with E-state index in [9.17, 15) is 0 Å². The van der Waals surface area contributed by atoms with E-state index in [1.165, 1.54) is 0 Å². The summed E-state index contributed by atoms with van der Waals surface area (Å²) >= 11 is 3.21. The molecule has 0 amide bonds. The monoisotopic (exact) mass is 210 g/mol. The lowest BCUT2D eigenvalue weighted by Crippen LogP contribution is -1.72. The highest BCUT2D eigenvalue weighted by Gasteiger charge is 1.96. The molecule has 0 radical (unpaired) electrons. The van der Waals surface area contributed by atoms with Gasteiger partial charge in [0.25, 0.3) is 0 Å². The molecule has 0 saturated heterocycles. The average Bonchev–Trinajstić information content (AvgIpc) is 2.81. The molecule has 0 atom stereocenters. The average molecular weight is 210 g/mol. The molecule has 1 nitrogen and oxygen atoms in total. The van der Waals surface area contributed by atoms with Gasteiger partial charge in [-0.25, -0.2) is 0 Å². The molecule has 0 saturated carbocycles. The first-order valence-electron chi connectivity index (χ1n) is 3.70. The summed E-state index contributed by atoms with van der Waals surface area (Å²) in [6.07, 6.45) is 0. The Morgan fingerprint density at radius 2 is 1.38 bits per heavy atom. The molecule has 68 valence electrons. The van der Waals surface area contributed by atoms with Gasteiger partial charge < -0.3 is 4.74 Å². The first-order chi connectivity index (χ1) is 6.45. The van der Waals surface area contributed by atoms with E-state index in [-0.39, 0.29) is 0 Å². The highest BCUT2D eigenvalue weighted by molar-refractivity contribution is 7.13. The molecule has 13 heavy (non-hydrogen) atoms. The van der Waals surface area contributed by atoms with Crippen LogP contribution >= 0.6 is 22.7 Å². The van der Waals surface area contributed by atoms with Gasteiger partial charge in [0.2, 0.25) is 0 Å². The summed E-state index contributed by atoms with van der Waals surface area (Å²) in [5.41, 5.74) is 0. The molecule has 0 N–H and O–H groups in total. The predicted molar refractivity (Wildman–Crippen MR) is 60.0 cm³/mol. The summed E-state index contributed by atoms with van der Waals surface area (Å²) in [6, 6.07) is 7.88. The lowest BCUT2D eigenvalue weighted by atomic mass is 10.6. The van der Waals surface area contributed by atoms with Crippen LogP contribution in [0.3, 0.4) is 0 Å². The van der Waals surface area contributed by atoms with Crippen LogP contribution in [0.25, 0.3) is 0 Å². The van der Waals surface area contributed by atoms with Gasteiger partial charge in [0.15, 0.2) is 10.1 Å². The zero-order chi connectivity index (χ0) is 9.52. The number of rotatable bonds is 2. The number of thiophene rings is 2. The molecule has 0 aliphatic heterocycles. The van der Waals surface area contributed by atoms with Gasteiger partial charge in [0.05, 0.1) is 0 Å². The predicted octanol–water partition coefficient (Wildman–Crippen LogP) is 4.40. The molecule has 0 aromatic carbocycles. The van der Waals surface area contributed by atoms with Gasteiger partial charge in [-0.3, -0.25) is 0 Å². The fourth-order valence-electron chi connectivity index (χ4n) is 0.742. The molecule has 0 unspecified atom stereocenters. The third kappa shape index (κ3) is 3.05. The van der Waals surface area contributed by atoms with E-state index in [2.05, 4.69) is 13.2 Å². The number of hydrogen-bond acceptors (Lipinski definition) is 3. The van der Waals surface area contributed by atoms with Crippen LogP contribution < -0.4 is 4.74 Å². The van der Waals surface area contributed by atoms with Crippen molar-refractivity contribution in [3.8, 4) is 10.1 Å². The van der Waals surface area contributed by atoms with Crippen LogP contribution in [0.15, 0.2) is 48.2 Å². The van der Waals surface area contributed by atoms with Crippen molar-refractivity contribution in [1.29, 1.82) is 0 Å². The van der Waals surface area contributed by atoms with Crippen LogP contribution in [0.2, 0.25) is 0 Å². The second kappa shape index (κ2) is 5.56. The van der Waals surface area contributed by atoms with Gasteiger partial charge in [0.1, 0.15) is 0 Å². The minimum atomic E-state index is 0.951. The fourth-order valence-corrected chi connectivity index (χ4v) is 1.97. The smallest absolute Gasteiger partial charge is 0.182 e. The van der Waals surface area contributed by atoms with Crippen LogP contribution in [0.1, 0.15) is 0 Å². The topological polar surface area (TPSA) is 9.23 Å². The molecule has 2 aromatic rings. The molecule has 0 bridgehead atoms. The van der Waals surface area contributed by atoms with Gasteiger partial charge >= 0.3 is 0 Å². The van der Waals surface area contributed by atoms with E-state index >= 15 is 0 Å². The normalized spacial score (nSPS) is 8.62. The Labute approximate surface area is 85.9 Å². The van der Waals surface area contributed by atoms with Gasteiger partial charge in [-0.2, -0.15) is 0 Å². The Hall–Kier alpha value is -1.06.